The van der Waals surface area contributed by atoms with E-state index in [1.54, 1.807) is 4.90 Å². The predicted molar refractivity (Wildman–Crippen MR) is 75.7 cm³/mol. The molecule has 2 unspecified atom stereocenters. The fourth-order valence-electron chi connectivity index (χ4n) is 2.15. The van der Waals surface area contributed by atoms with Gasteiger partial charge in [0.2, 0.25) is 0 Å². The molecule has 0 bridgehead atoms. The molecule has 3 rings (SSSR count). The van der Waals surface area contributed by atoms with Crippen molar-refractivity contribution in [3.63, 3.8) is 0 Å². The molecule has 1 amide bonds. The van der Waals surface area contributed by atoms with E-state index in [-0.39, 0.29) is 11.4 Å². The Morgan fingerprint density at radius 3 is 2.78 bits per heavy atom. The lowest BCUT2D eigenvalue weighted by Gasteiger charge is -2.20. The van der Waals surface area contributed by atoms with Crippen molar-refractivity contribution in [1.82, 2.24) is 10.9 Å². The molecule has 1 spiro atoms. The molecule has 2 saturated heterocycles. The van der Waals surface area contributed by atoms with Crippen molar-refractivity contribution in [2.45, 2.75) is 16.8 Å². The van der Waals surface area contributed by atoms with E-state index < -0.39 is 4.87 Å². The van der Waals surface area contributed by atoms with Crippen LogP contribution in [0, 0.1) is 0 Å². The first kappa shape index (κ1) is 12.1. The maximum atomic E-state index is 12.5. The highest BCUT2D eigenvalue weighted by molar-refractivity contribution is 8.02. The van der Waals surface area contributed by atoms with Crippen molar-refractivity contribution in [3.8, 4) is 0 Å². The zero-order chi connectivity index (χ0) is 12.8. The Labute approximate surface area is 114 Å². The van der Waals surface area contributed by atoms with Crippen molar-refractivity contribution in [2.24, 2.45) is 5.73 Å². The molecule has 2 fully saturated rings. The second kappa shape index (κ2) is 4.29. The van der Waals surface area contributed by atoms with Crippen molar-refractivity contribution in [2.75, 3.05) is 4.90 Å². The average Bonchev–Trinajstić information content (AvgIpc) is 2.83. The smallest absolute Gasteiger partial charge is 0.264 e. The number of nitrogens with one attached hydrogen (secondary N) is 2. The summed E-state index contributed by atoms with van der Waals surface area (Å²) in [5, 5.41) is 0. The summed E-state index contributed by atoms with van der Waals surface area (Å²) in [6.45, 7) is 0. The standard InChI is InChI=1S/C11H12N4OS2/c12-10-13-14-11(18-10)6-8(17)15(9(11)16)7-4-2-1-3-5-7/h1-5,10,13-14H,6,12H2. The third-order valence-electron chi connectivity index (χ3n) is 2.96. The number of nitrogens with zero attached hydrogens (tertiary/aromatic N) is 1. The van der Waals surface area contributed by atoms with Crippen LogP contribution in [0.4, 0.5) is 5.69 Å². The summed E-state index contributed by atoms with van der Waals surface area (Å²) in [6.07, 6.45) is 0.474. The van der Waals surface area contributed by atoms with Gasteiger partial charge in [-0.1, -0.05) is 42.2 Å². The van der Waals surface area contributed by atoms with E-state index in [0.717, 1.165) is 5.69 Å². The molecule has 0 radical (unpaired) electrons. The minimum absolute atomic E-state index is 0.0656. The molecular weight excluding hydrogens is 268 g/mol. The predicted octanol–water partition coefficient (Wildman–Crippen LogP) is 0.530. The summed E-state index contributed by atoms with van der Waals surface area (Å²) < 4.78 is 0. The number of thiocarbonyl (C=S) groups is 1. The van der Waals surface area contributed by atoms with Gasteiger partial charge in [-0.2, -0.15) is 0 Å². The number of anilines is 1. The van der Waals surface area contributed by atoms with Crippen LogP contribution in [0.25, 0.3) is 0 Å². The Hall–Kier alpha value is -0.990. The number of amides is 1. The third-order valence-corrected chi connectivity index (χ3v) is 4.48. The van der Waals surface area contributed by atoms with Gasteiger partial charge in [0, 0.05) is 12.1 Å². The van der Waals surface area contributed by atoms with Gasteiger partial charge >= 0.3 is 0 Å². The molecule has 2 aliphatic heterocycles. The van der Waals surface area contributed by atoms with Crippen LogP contribution < -0.4 is 21.5 Å². The molecule has 0 saturated carbocycles. The van der Waals surface area contributed by atoms with Crippen LogP contribution in [-0.2, 0) is 4.79 Å². The van der Waals surface area contributed by atoms with Gasteiger partial charge in [-0.05, 0) is 12.1 Å². The topological polar surface area (TPSA) is 70.4 Å². The molecule has 1 aromatic carbocycles. The van der Waals surface area contributed by atoms with E-state index in [4.69, 9.17) is 18.0 Å². The van der Waals surface area contributed by atoms with Gasteiger partial charge in [0.25, 0.3) is 5.91 Å². The van der Waals surface area contributed by atoms with Crippen LogP contribution in [0.2, 0.25) is 0 Å². The van der Waals surface area contributed by atoms with E-state index in [1.807, 2.05) is 30.3 Å². The molecule has 5 nitrogen and oxygen atoms in total. The average molecular weight is 280 g/mol. The van der Waals surface area contributed by atoms with Crippen molar-refractivity contribution < 1.29 is 4.79 Å². The number of hydrogen-bond donors (Lipinski definition) is 3. The summed E-state index contributed by atoms with van der Waals surface area (Å²) in [5.41, 5.74) is 12.1. The monoisotopic (exact) mass is 280 g/mol. The van der Waals surface area contributed by atoms with Crippen LogP contribution in [0.3, 0.4) is 0 Å². The Morgan fingerprint density at radius 1 is 1.44 bits per heavy atom. The molecule has 0 aliphatic carbocycles. The second-order valence-corrected chi connectivity index (χ2v) is 6.09. The molecule has 0 aromatic heterocycles. The Balaban J connectivity index is 1.95. The largest absolute Gasteiger partial charge is 0.306 e. The number of rotatable bonds is 1. The highest BCUT2D eigenvalue weighted by Crippen LogP contribution is 2.40. The third kappa shape index (κ3) is 1.75. The molecule has 94 valence electrons. The van der Waals surface area contributed by atoms with E-state index in [9.17, 15) is 4.79 Å². The highest BCUT2D eigenvalue weighted by Gasteiger charge is 2.54. The summed E-state index contributed by atoms with van der Waals surface area (Å²) in [6, 6.07) is 9.42. The van der Waals surface area contributed by atoms with Gasteiger partial charge in [0.1, 0.15) is 5.50 Å². The molecule has 18 heavy (non-hydrogen) atoms. The van der Waals surface area contributed by atoms with E-state index in [0.29, 0.717) is 11.4 Å². The fourth-order valence-corrected chi connectivity index (χ4v) is 3.73. The van der Waals surface area contributed by atoms with E-state index in [1.165, 1.54) is 11.8 Å². The van der Waals surface area contributed by atoms with Gasteiger partial charge in [-0.3, -0.25) is 9.69 Å². The molecule has 2 atom stereocenters. The molecule has 4 N–H and O–H groups in total. The Bertz CT molecular complexity index is 509. The maximum Gasteiger partial charge on any atom is 0.264 e. The number of carbonyl (C=O) groups excluding carboxylic acids is 1. The molecule has 2 heterocycles. The van der Waals surface area contributed by atoms with Gasteiger partial charge < -0.3 is 5.73 Å². The van der Waals surface area contributed by atoms with Crippen LogP contribution >= 0.6 is 24.0 Å². The first-order valence-electron chi connectivity index (χ1n) is 5.51. The van der Waals surface area contributed by atoms with Gasteiger partial charge in [-0.15, -0.1) is 0 Å². The molecule has 1 aromatic rings. The minimum Gasteiger partial charge on any atom is -0.306 e. The van der Waals surface area contributed by atoms with Gasteiger partial charge in [0.15, 0.2) is 4.87 Å². The number of nitrogens with two attached hydrogens (primary N) is 1. The number of hydrazine groups is 1. The lowest BCUT2D eigenvalue weighted by molar-refractivity contribution is -0.119. The second-order valence-electron chi connectivity index (χ2n) is 4.18. The Morgan fingerprint density at radius 2 is 2.17 bits per heavy atom. The zero-order valence-electron chi connectivity index (χ0n) is 9.42. The van der Waals surface area contributed by atoms with E-state index in [2.05, 4.69) is 10.9 Å². The summed E-state index contributed by atoms with van der Waals surface area (Å²) in [4.78, 5) is 14.0. The summed E-state index contributed by atoms with van der Waals surface area (Å²) in [7, 11) is 0. The lowest BCUT2D eigenvalue weighted by atomic mass is 10.2. The fraction of sp³-hybridized carbons (Fsp3) is 0.273. The normalized spacial score (nSPS) is 31.6. The minimum atomic E-state index is -0.758. The summed E-state index contributed by atoms with van der Waals surface area (Å²) >= 11 is 6.69. The number of para-hydroxylation sites is 1. The molecular formula is C11H12N4OS2. The van der Waals surface area contributed by atoms with Crippen molar-refractivity contribution in [1.29, 1.82) is 0 Å². The van der Waals surface area contributed by atoms with Crippen LogP contribution in [0.5, 0.6) is 0 Å². The number of benzene rings is 1. The van der Waals surface area contributed by atoms with E-state index >= 15 is 0 Å². The number of carbonyl (C=O) groups is 1. The van der Waals surface area contributed by atoms with Gasteiger partial charge in [-0.25, -0.2) is 10.9 Å². The highest BCUT2D eigenvalue weighted by atomic mass is 32.2. The zero-order valence-corrected chi connectivity index (χ0v) is 11.1. The molecule has 7 heteroatoms. The lowest BCUT2D eigenvalue weighted by Crippen LogP contribution is -2.49. The van der Waals surface area contributed by atoms with Crippen molar-refractivity contribution in [3.05, 3.63) is 30.3 Å². The van der Waals surface area contributed by atoms with Crippen LogP contribution in [0.15, 0.2) is 30.3 Å². The van der Waals surface area contributed by atoms with Crippen molar-refractivity contribution >= 4 is 40.6 Å². The molecule has 2 aliphatic rings. The SMILES string of the molecule is NC1NNC2(CC(=S)N(c3ccccc3)C2=O)S1. The first-order valence-corrected chi connectivity index (χ1v) is 6.80. The maximum absolute atomic E-state index is 12.5. The quantitative estimate of drug-likeness (QED) is 0.652. The van der Waals surface area contributed by atoms with Gasteiger partial charge in [0.05, 0.1) is 4.99 Å². The number of hydrogen-bond acceptors (Lipinski definition) is 6. The number of thioether (sulfide) groups is 1. The van der Waals surface area contributed by atoms with Crippen LogP contribution in [0.1, 0.15) is 6.42 Å². The first-order chi connectivity index (χ1) is 8.62. The Kier molecular flexibility index (Phi) is 2.87. The summed E-state index contributed by atoms with van der Waals surface area (Å²) in [5.74, 6) is -0.0656. The van der Waals surface area contributed by atoms with Crippen LogP contribution in [-0.4, -0.2) is 21.3 Å².